The predicted molar refractivity (Wildman–Crippen MR) is 84.2 cm³/mol. The third-order valence-electron chi connectivity index (χ3n) is 3.84. The summed E-state index contributed by atoms with van der Waals surface area (Å²) in [7, 11) is 0. The van der Waals surface area contributed by atoms with Crippen molar-refractivity contribution >= 4 is 23.1 Å². The summed E-state index contributed by atoms with van der Waals surface area (Å²) in [4.78, 5) is 8.31. The minimum Gasteiger partial charge on any atom is -0.306 e. The molecular formula is C16H14ClFN4. The number of aromatic nitrogens is 2. The van der Waals surface area contributed by atoms with Crippen LogP contribution in [0.3, 0.4) is 0 Å². The molecule has 0 saturated heterocycles. The number of nitrogens with zero attached hydrogens (tertiary/aromatic N) is 3. The van der Waals surface area contributed by atoms with Gasteiger partial charge in [-0.1, -0.05) is 31.0 Å². The Morgan fingerprint density at radius 2 is 2.23 bits per heavy atom. The number of hydrogen-bond acceptors (Lipinski definition) is 2. The molecule has 0 amide bonds. The van der Waals surface area contributed by atoms with Gasteiger partial charge in [-0.3, -0.25) is 5.10 Å². The zero-order chi connectivity index (χ0) is 15.7. The van der Waals surface area contributed by atoms with E-state index in [0.717, 1.165) is 29.7 Å². The van der Waals surface area contributed by atoms with Crippen LogP contribution in [0.5, 0.6) is 0 Å². The van der Waals surface area contributed by atoms with E-state index in [0.29, 0.717) is 10.8 Å². The molecule has 1 aromatic carbocycles. The third kappa shape index (κ3) is 2.40. The van der Waals surface area contributed by atoms with Crippen molar-refractivity contribution in [3.63, 3.8) is 0 Å². The molecule has 2 unspecified atom stereocenters. The lowest BCUT2D eigenvalue weighted by molar-refractivity contribution is 0.626. The summed E-state index contributed by atoms with van der Waals surface area (Å²) in [5.74, 6) is -0.00840. The van der Waals surface area contributed by atoms with Gasteiger partial charge in [0.1, 0.15) is 11.5 Å². The van der Waals surface area contributed by atoms with Crippen molar-refractivity contribution < 1.29 is 4.39 Å². The fourth-order valence-electron chi connectivity index (χ4n) is 2.88. The van der Waals surface area contributed by atoms with E-state index in [-0.39, 0.29) is 5.92 Å². The Morgan fingerprint density at radius 3 is 2.91 bits per heavy atom. The molecule has 22 heavy (non-hydrogen) atoms. The Balaban J connectivity index is 2.16. The second-order valence-corrected chi connectivity index (χ2v) is 5.65. The van der Waals surface area contributed by atoms with Crippen LogP contribution in [0.1, 0.15) is 36.8 Å². The number of H-pyrrole nitrogens is 1. The molecule has 1 aliphatic rings. The molecule has 2 aromatic rings. The number of halogens is 2. The Kier molecular flexibility index (Phi) is 3.95. The quantitative estimate of drug-likeness (QED) is 0.832. The van der Waals surface area contributed by atoms with Gasteiger partial charge in [0.05, 0.1) is 12.1 Å². The fourth-order valence-corrected chi connectivity index (χ4v) is 3.16. The Bertz CT molecular complexity index is 775. The van der Waals surface area contributed by atoms with Crippen LogP contribution in [-0.4, -0.2) is 22.0 Å². The minimum atomic E-state index is -0.437. The number of nitrogens with one attached hydrogen (secondary N) is 1. The van der Waals surface area contributed by atoms with E-state index in [1.807, 2.05) is 6.92 Å². The first-order valence-electron chi connectivity index (χ1n) is 7.08. The average Bonchev–Trinajstić information content (AvgIpc) is 2.94. The van der Waals surface area contributed by atoms with E-state index in [1.165, 1.54) is 12.1 Å². The lowest BCUT2D eigenvalue weighted by Gasteiger charge is -2.24. The van der Waals surface area contributed by atoms with Crippen LogP contribution in [0.25, 0.3) is 4.85 Å². The molecule has 1 aliphatic heterocycles. The maximum absolute atomic E-state index is 13.3. The van der Waals surface area contributed by atoms with E-state index in [1.54, 1.807) is 12.3 Å². The zero-order valence-electron chi connectivity index (χ0n) is 12.0. The number of rotatable bonds is 3. The summed E-state index contributed by atoms with van der Waals surface area (Å²) in [5.41, 5.74) is 2.38. The van der Waals surface area contributed by atoms with E-state index >= 15 is 0 Å². The topological polar surface area (TPSA) is 45.4 Å². The van der Waals surface area contributed by atoms with Gasteiger partial charge in [0.25, 0.3) is 6.04 Å². The van der Waals surface area contributed by atoms with Gasteiger partial charge in [-0.25, -0.2) is 16.0 Å². The molecule has 0 radical (unpaired) electrons. The highest BCUT2D eigenvalue weighted by molar-refractivity contribution is 6.31. The first-order valence-corrected chi connectivity index (χ1v) is 7.45. The Morgan fingerprint density at radius 1 is 1.41 bits per heavy atom. The predicted octanol–water partition coefficient (Wildman–Crippen LogP) is 4.51. The van der Waals surface area contributed by atoms with E-state index in [2.05, 4.69) is 20.0 Å². The second-order valence-electron chi connectivity index (χ2n) is 5.24. The number of fused-ring (bicyclic) bond motifs is 1. The molecule has 112 valence electrons. The zero-order valence-corrected chi connectivity index (χ0v) is 12.7. The third-order valence-corrected chi connectivity index (χ3v) is 4.17. The summed E-state index contributed by atoms with van der Waals surface area (Å²) >= 11 is 6.23. The number of hydrogen-bond donors (Lipinski definition) is 1. The standard InChI is InChI=1S/C16H14ClFN4/c1-3-4-13-15(19-2)14(11-8-20-22-16(11)21-13)10-6-5-9(18)7-12(10)17/h5-8,14-15H,3-4H2,1H3,(H,20,22). The van der Waals surface area contributed by atoms with Crippen molar-refractivity contribution in [3.8, 4) is 0 Å². The monoisotopic (exact) mass is 316 g/mol. The molecule has 0 saturated carbocycles. The highest BCUT2D eigenvalue weighted by atomic mass is 35.5. The molecule has 3 rings (SSSR count). The van der Waals surface area contributed by atoms with Crippen molar-refractivity contribution in [1.29, 1.82) is 0 Å². The molecule has 0 aliphatic carbocycles. The lowest BCUT2D eigenvalue weighted by atomic mass is 9.81. The first kappa shape index (κ1) is 14.7. The van der Waals surface area contributed by atoms with Crippen molar-refractivity contribution in [2.45, 2.75) is 31.7 Å². The van der Waals surface area contributed by atoms with Crippen molar-refractivity contribution in [3.05, 3.63) is 57.8 Å². The maximum atomic E-state index is 13.3. The fraction of sp³-hybridized carbons (Fsp3) is 0.312. The van der Waals surface area contributed by atoms with Crippen LogP contribution in [0.2, 0.25) is 5.02 Å². The van der Waals surface area contributed by atoms with Gasteiger partial charge in [0.15, 0.2) is 5.82 Å². The Hall–Kier alpha value is -2.19. The van der Waals surface area contributed by atoms with Gasteiger partial charge in [0, 0.05) is 10.6 Å². The smallest absolute Gasteiger partial charge is 0.272 e. The van der Waals surface area contributed by atoms with Gasteiger partial charge in [0.2, 0.25) is 0 Å². The number of benzene rings is 1. The van der Waals surface area contributed by atoms with Gasteiger partial charge in [-0.2, -0.15) is 5.10 Å². The normalized spacial score (nSPS) is 20.2. The molecule has 4 nitrogen and oxygen atoms in total. The highest BCUT2D eigenvalue weighted by Crippen LogP contribution is 2.42. The summed E-state index contributed by atoms with van der Waals surface area (Å²) in [6.07, 6.45) is 3.31. The average molecular weight is 317 g/mol. The van der Waals surface area contributed by atoms with Gasteiger partial charge >= 0.3 is 0 Å². The molecule has 0 bridgehead atoms. The lowest BCUT2D eigenvalue weighted by Crippen LogP contribution is -2.29. The van der Waals surface area contributed by atoms with Gasteiger partial charge in [-0.15, -0.1) is 0 Å². The van der Waals surface area contributed by atoms with Crippen molar-refractivity contribution in [2.24, 2.45) is 4.99 Å². The van der Waals surface area contributed by atoms with E-state index in [9.17, 15) is 4.39 Å². The van der Waals surface area contributed by atoms with Crippen LogP contribution in [0, 0.1) is 12.4 Å². The molecule has 6 heteroatoms. The summed E-state index contributed by atoms with van der Waals surface area (Å²) in [6.45, 7) is 9.64. The summed E-state index contributed by atoms with van der Waals surface area (Å²) in [5, 5.41) is 7.22. The largest absolute Gasteiger partial charge is 0.306 e. The van der Waals surface area contributed by atoms with E-state index < -0.39 is 11.9 Å². The summed E-state index contributed by atoms with van der Waals surface area (Å²) < 4.78 is 13.3. The van der Waals surface area contributed by atoms with Crippen LogP contribution < -0.4 is 0 Å². The van der Waals surface area contributed by atoms with Crippen molar-refractivity contribution in [1.82, 2.24) is 10.2 Å². The minimum absolute atomic E-state index is 0.279. The molecule has 1 aromatic heterocycles. The Labute approximate surface area is 132 Å². The van der Waals surface area contributed by atoms with Gasteiger partial charge in [-0.05, 0) is 24.1 Å². The number of aromatic amines is 1. The maximum Gasteiger partial charge on any atom is 0.272 e. The molecule has 1 N–H and O–H groups in total. The van der Waals surface area contributed by atoms with Crippen LogP contribution in [0.4, 0.5) is 10.2 Å². The second kappa shape index (κ2) is 5.90. The van der Waals surface area contributed by atoms with Crippen molar-refractivity contribution in [2.75, 3.05) is 0 Å². The highest BCUT2D eigenvalue weighted by Gasteiger charge is 2.40. The van der Waals surface area contributed by atoms with Crippen LogP contribution >= 0.6 is 11.6 Å². The van der Waals surface area contributed by atoms with Crippen LogP contribution in [0.15, 0.2) is 29.4 Å². The van der Waals surface area contributed by atoms with Crippen LogP contribution in [-0.2, 0) is 0 Å². The first-order chi connectivity index (χ1) is 10.7. The van der Waals surface area contributed by atoms with E-state index in [4.69, 9.17) is 18.2 Å². The number of aliphatic imine (C=N–C) groups is 1. The van der Waals surface area contributed by atoms with Gasteiger partial charge < -0.3 is 4.85 Å². The molecule has 0 fully saturated rings. The molecule has 0 spiro atoms. The SMILES string of the molecule is [C-]#[N+]C1C(CCC)=Nc2[nH]ncc2C1c1ccc(F)cc1Cl. The molecule has 2 heterocycles. The summed E-state index contributed by atoms with van der Waals surface area (Å²) in [6, 6.07) is 3.86. The molecular weight excluding hydrogens is 303 g/mol. The molecule has 2 atom stereocenters.